The molecular weight excluding hydrogens is 334 g/mol. The Morgan fingerprint density at radius 2 is 1.92 bits per heavy atom. The first kappa shape index (κ1) is 15.6. The van der Waals surface area contributed by atoms with E-state index in [0.29, 0.717) is 0 Å². The molecule has 1 aliphatic rings. The molecule has 0 spiro atoms. The molecule has 122 valence electrons. The molecule has 4 rings (SSSR count). The second-order valence-corrected chi connectivity index (χ2v) is 8.13. The molecule has 0 radical (unpaired) electrons. The van der Waals surface area contributed by atoms with Crippen molar-refractivity contribution >= 4 is 44.7 Å². The van der Waals surface area contributed by atoms with E-state index < -0.39 is 0 Å². The van der Waals surface area contributed by atoms with Crippen LogP contribution in [0.25, 0.3) is 26.6 Å². The first-order chi connectivity index (χ1) is 11.8. The average molecular weight is 354 g/mol. The average Bonchev–Trinajstić information content (AvgIpc) is 3.27. The molecule has 0 aliphatic carbocycles. The smallest absolute Gasteiger partial charge is 0.246 e. The van der Waals surface area contributed by atoms with Gasteiger partial charge in [0.25, 0.3) is 0 Å². The molecule has 1 saturated heterocycles. The van der Waals surface area contributed by atoms with E-state index in [9.17, 15) is 4.79 Å². The molecule has 24 heavy (non-hydrogen) atoms. The van der Waals surface area contributed by atoms with Gasteiger partial charge >= 0.3 is 0 Å². The van der Waals surface area contributed by atoms with Crippen molar-refractivity contribution in [1.82, 2.24) is 4.90 Å². The summed E-state index contributed by atoms with van der Waals surface area (Å²) in [5.41, 5.74) is 1.24. The highest BCUT2D eigenvalue weighted by Gasteiger charge is 2.13. The maximum Gasteiger partial charge on any atom is 0.246 e. The van der Waals surface area contributed by atoms with E-state index in [4.69, 9.17) is 0 Å². The summed E-state index contributed by atoms with van der Waals surface area (Å²) in [4.78, 5) is 16.6. The van der Waals surface area contributed by atoms with Crippen molar-refractivity contribution in [3.63, 3.8) is 0 Å². The SMILES string of the molecule is O=C(/C=C/c1cc(-c2cc3ccccc3s2)cs1)N1CCCCC1. The zero-order valence-corrected chi connectivity index (χ0v) is 15.0. The number of hydrogen-bond acceptors (Lipinski definition) is 3. The van der Waals surface area contributed by atoms with Crippen LogP contribution in [0.1, 0.15) is 24.1 Å². The minimum atomic E-state index is 0.145. The van der Waals surface area contributed by atoms with Crippen LogP contribution in [0.2, 0.25) is 0 Å². The number of nitrogens with zero attached hydrogens (tertiary/aromatic N) is 1. The van der Waals surface area contributed by atoms with E-state index in [-0.39, 0.29) is 5.91 Å². The van der Waals surface area contributed by atoms with E-state index in [1.807, 2.05) is 22.3 Å². The Balaban J connectivity index is 1.50. The van der Waals surface area contributed by atoms with Gasteiger partial charge in [-0.2, -0.15) is 0 Å². The number of benzene rings is 1. The van der Waals surface area contributed by atoms with Crippen LogP contribution in [0.5, 0.6) is 0 Å². The predicted molar refractivity (Wildman–Crippen MR) is 105 cm³/mol. The lowest BCUT2D eigenvalue weighted by molar-refractivity contribution is -0.126. The fourth-order valence-electron chi connectivity index (χ4n) is 3.07. The number of likely N-dealkylation sites (tertiary alicyclic amines) is 1. The number of hydrogen-bond donors (Lipinski definition) is 0. The molecule has 0 saturated carbocycles. The first-order valence-corrected chi connectivity index (χ1v) is 10.0. The molecule has 0 N–H and O–H groups in total. The number of amides is 1. The van der Waals surface area contributed by atoms with Crippen molar-refractivity contribution in [2.24, 2.45) is 0 Å². The van der Waals surface area contributed by atoms with E-state index in [0.717, 1.165) is 30.8 Å². The Morgan fingerprint density at radius 3 is 2.75 bits per heavy atom. The summed E-state index contributed by atoms with van der Waals surface area (Å²) in [6.45, 7) is 1.81. The van der Waals surface area contributed by atoms with Crippen LogP contribution in [-0.2, 0) is 4.79 Å². The van der Waals surface area contributed by atoms with E-state index in [2.05, 4.69) is 41.8 Å². The van der Waals surface area contributed by atoms with Crippen molar-refractivity contribution in [2.45, 2.75) is 19.3 Å². The van der Waals surface area contributed by atoms with Gasteiger partial charge in [-0.05, 0) is 54.3 Å². The third-order valence-electron chi connectivity index (χ3n) is 4.39. The lowest BCUT2D eigenvalue weighted by Gasteiger charge is -2.25. The Labute approximate surface area is 150 Å². The number of thiophene rings is 2. The second-order valence-electron chi connectivity index (χ2n) is 6.11. The fraction of sp³-hybridized carbons (Fsp3) is 0.250. The largest absolute Gasteiger partial charge is 0.339 e. The number of carbonyl (C=O) groups is 1. The van der Waals surface area contributed by atoms with Gasteiger partial charge in [0.05, 0.1) is 0 Å². The molecule has 3 heterocycles. The second kappa shape index (κ2) is 6.91. The van der Waals surface area contributed by atoms with Gasteiger partial charge in [-0.15, -0.1) is 22.7 Å². The predicted octanol–water partition coefficient (Wildman–Crippen LogP) is 5.66. The van der Waals surface area contributed by atoms with Crippen molar-refractivity contribution in [3.8, 4) is 10.4 Å². The number of piperidine rings is 1. The third-order valence-corrected chi connectivity index (χ3v) is 6.45. The summed E-state index contributed by atoms with van der Waals surface area (Å²) in [5.74, 6) is 0.145. The van der Waals surface area contributed by atoms with Gasteiger partial charge in [0, 0.05) is 39.2 Å². The van der Waals surface area contributed by atoms with Gasteiger partial charge in [0.1, 0.15) is 0 Å². The summed E-state index contributed by atoms with van der Waals surface area (Å²) in [6, 6.07) is 12.9. The molecular formula is C20H19NOS2. The molecule has 0 atom stereocenters. The Hall–Kier alpha value is -1.91. The van der Waals surface area contributed by atoms with Crippen LogP contribution in [0.15, 0.2) is 47.9 Å². The Kier molecular flexibility index (Phi) is 4.50. The number of carbonyl (C=O) groups excluding carboxylic acids is 1. The lowest BCUT2D eigenvalue weighted by atomic mass is 10.1. The van der Waals surface area contributed by atoms with E-state index in [1.165, 1.54) is 26.9 Å². The van der Waals surface area contributed by atoms with Crippen LogP contribution >= 0.6 is 22.7 Å². The van der Waals surface area contributed by atoms with Crippen LogP contribution in [0.3, 0.4) is 0 Å². The van der Waals surface area contributed by atoms with Crippen LogP contribution < -0.4 is 0 Å². The zero-order chi connectivity index (χ0) is 16.4. The van der Waals surface area contributed by atoms with Crippen LogP contribution in [0, 0.1) is 0 Å². The fourth-order valence-corrected chi connectivity index (χ4v) is 4.99. The highest BCUT2D eigenvalue weighted by molar-refractivity contribution is 7.22. The minimum Gasteiger partial charge on any atom is -0.339 e. The van der Waals surface area contributed by atoms with Gasteiger partial charge < -0.3 is 4.90 Å². The molecule has 1 fully saturated rings. The highest BCUT2D eigenvalue weighted by Crippen LogP contribution is 2.35. The number of rotatable bonds is 3. The monoisotopic (exact) mass is 353 g/mol. The third kappa shape index (κ3) is 3.30. The van der Waals surface area contributed by atoms with Gasteiger partial charge in [-0.1, -0.05) is 18.2 Å². The highest BCUT2D eigenvalue weighted by atomic mass is 32.1. The first-order valence-electron chi connectivity index (χ1n) is 8.34. The molecule has 1 amide bonds. The van der Waals surface area contributed by atoms with E-state index in [1.54, 1.807) is 17.4 Å². The number of fused-ring (bicyclic) bond motifs is 1. The van der Waals surface area contributed by atoms with Gasteiger partial charge in [0.2, 0.25) is 5.91 Å². The maximum absolute atomic E-state index is 12.2. The molecule has 3 aromatic rings. The standard InChI is InChI=1S/C20H19NOS2/c22-20(21-10-4-1-5-11-21)9-8-17-12-16(14-23-17)19-13-15-6-2-3-7-18(15)24-19/h2-3,6-9,12-14H,1,4-5,10-11H2/b9-8+. The molecule has 1 aromatic carbocycles. The molecule has 0 unspecified atom stereocenters. The minimum absolute atomic E-state index is 0.145. The molecule has 0 bridgehead atoms. The van der Waals surface area contributed by atoms with Crippen LogP contribution in [0.4, 0.5) is 0 Å². The van der Waals surface area contributed by atoms with Crippen molar-refractivity contribution in [1.29, 1.82) is 0 Å². The topological polar surface area (TPSA) is 20.3 Å². The zero-order valence-electron chi connectivity index (χ0n) is 13.4. The quantitative estimate of drug-likeness (QED) is 0.557. The Bertz CT molecular complexity index is 851. The van der Waals surface area contributed by atoms with Crippen molar-refractivity contribution in [2.75, 3.05) is 13.1 Å². The van der Waals surface area contributed by atoms with Gasteiger partial charge in [0.15, 0.2) is 0 Å². The van der Waals surface area contributed by atoms with Crippen LogP contribution in [-0.4, -0.2) is 23.9 Å². The molecule has 4 heteroatoms. The molecule has 1 aliphatic heterocycles. The van der Waals surface area contributed by atoms with Crippen molar-refractivity contribution < 1.29 is 4.79 Å². The van der Waals surface area contributed by atoms with Gasteiger partial charge in [-0.25, -0.2) is 0 Å². The summed E-state index contributed by atoms with van der Waals surface area (Å²) in [7, 11) is 0. The summed E-state index contributed by atoms with van der Waals surface area (Å²) >= 11 is 3.51. The normalized spacial score (nSPS) is 15.4. The Morgan fingerprint density at radius 1 is 1.08 bits per heavy atom. The summed E-state index contributed by atoms with van der Waals surface area (Å²) in [5, 5.41) is 3.47. The molecule has 2 aromatic heterocycles. The maximum atomic E-state index is 12.2. The van der Waals surface area contributed by atoms with E-state index >= 15 is 0 Å². The summed E-state index contributed by atoms with van der Waals surface area (Å²) in [6.07, 6.45) is 7.20. The van der Waals surface area contributed by atoms with Gasteiger partial charge in [-0.3, -0.25) is 4.79 Å². The van der Waals surface area contributed by atoms with Crippen molar-refractivity contribution in [3.05, 3.63) is 52.7 Å². The summed E-state index contributed by atoms with van der Waals surface area (Å²) < 4.78 is 1.32. The molecule has 2 nitrogen and oxygen atoms in total. The lowest BCUT2D eigenvalue weighted by Crippen LogP contribution is -2.34.